The van der Waals surface area contributed by atoms with Gasteiger partial charge in [-0.3, -0.25) is 4.18 Å². The molecule has 0 heterocycles. The molecule has 0 rings (SSSR count). The molecule has 0 atom stereocenters. The molecule has 0 saturated carbocycles. The van der Waals surface area contributed by atoms with E-state index in [1.165, 1.54) is 70.6 Å². The lowest BCUT2D eigenvalue weighted by atomic mass is 10.0. The lowest BCUT2D eigenvalue weighted by Gasteiger charge is -2.24. The molecule has 0 bridgehead atoms. The van der Waals surface area contributed by atoms with Gasteiger partial charge in [0.1, 0.15) is 0 Å². The molecule has 4 heteroatoms. The molecule has 26 heavy (non-hydrogen) atoms. The molecule has 0 aromatic heterocycles. The van der Waals surface area contributed by atoms with Crippen LogP contribution in [0, 0.1) is 0 Å². The fourth-order valence-corrected chi connectivity index (χ4v) is 4.25. The molecular formula is C22H46O3S. The zero-order chi connectivity index (χ0) is 19.7. The molecule has 0 saturated heterocycles. The minimum absolute atomic E-state index is 0.345. The van der Waals surface area contributed by atoms with Crippen LogP contribution in [0.15, 0.2) is 0 Å². The molecule has 0 amide bonds. The summed E-state index contributed by atoms with van der Waals surface area (Å²) in [7, 11) is -3.47. The SMILES string of the molecule is CCCCCCCCCCOS(=O)(=O)C(C)(C)CCCCCCCCC. The maximum absolute atomic E-state index is 12.4. The van der Waals surface area contributed by atoms with Crippen molar-refractivity contribution in [2.45, 2.75) is 135 Å². The number of unbranched alkanes of at least 4 members (excludes halogenated alkanes) is 13. The van der Waals surface area contributed by atoms with Gasteiger partial charge in [0.05, 0.1) is 11.4 Å². The Morgan fingerprint density at radius 2 is 1.00 bits per heavy atom. The maximum Gasteiger partial charge on any atom is 0.272 e. The van der Waals surface area contributed by atoms with Crippen LogP contribution in [0.2, 0.25) is 0 Å². The third-order valence-electron chi connectivity index (χ3n) is 5.30. The molecule has 0 spiro atoms. The quantitative estimate of drug-likeness (QED) is 0.170. The molecule has 3 nitrogen and oxygen atoms in total. The van der Waals surface area contributed by atoms with Crippen LogP contribution in [-0.2, 0) is 14.3 Å². The molecule has 0 radical (unpaired) electrons. The molecule has 0 aromatic carbocycles. The average molecular weight is 391 g/mol. The van der Waals surface area contributed by atoms with Crippen molar-refractivity contribution in [3.8, 4) is 0 Å². The molecule has 0 N–H and O–H groups in total. The van der Waals surface area contributed by atoms with E-state index in [2.05, 4.69) is 13.8 Å². The second-order valence-electron chi connectivity index (χ2n) is 8.38. The van der Waals surface area contributed by atoms with Crippen LogP contribution in [0.4, 0.5) is 0 Å². The Bertz CT molecular complexity index is 402. The van der Waals surface area contributed by atoms with Crippen LogP contribution in [0.25, 0.3) is 0 Å². The number of hydrogen-bond donors (Lipinski definition) is 0. The van der Waals surface area contributed by atoms with Crippen molar-refractivity contribution >= 4 is 10.1 Å². The average Bonchev–Trinajstić information content (AvgIpc) is 2.59. The first-order valence-electron chi connectivity index (χ1n) is 11.3. The monoisotopic (exact) mass is 390 g/mol. The predicted molar refractivity (Wildman–Crippen MR) is 114 cm³/mol. The molecule has 158 valence electrons. The summed E-state index contributed by atoms with van der Waals surface area (Å²) < 4.78 is 29.4. The molecule has 0 fully saturated rings. The minimum atomic E-state index is -3.47. The third-order valence-corrected chi connectivity index (χ3v) is 7.33. The Balaban J connectivity index is 3.79. The fourth-order valence-electron chi connectivity index (χ4n) is 3.20. The summed E-state index contributed by atoms with van der Waals surface area (Å²) in [4.78, 5) is 0. The highest BCUT2D eigenvalue weighted by Gasteiger charge is 2.34. The lowest BCUT2D eigenvalue weighted by molar-refractivity contribution is 0.288. The van der Waals surface area contributed by atoms with E-state index in [9.17, 15) is 8.42 Å². The van der Waals surface area contributed by atoms with E-state index in [4.69, 9.17) is 4.18 Å². The van der Waals surface area contributed by atoms with Crippen molar-refractivity contribution < 1.29 is 12.6 Å². The Morgan fingerprint density at radius 3 is 1.46 bits per heavy atom. The van der Waals surface area contributed by atoms with Gasteiger partial charge in [-0.25, -0.2) is 0 Å². The van der Waals surface area contributed by atoms with Crippen molar-refractivity contribution in [2.75, 3.05) is 6.61 Å². The summed E-state index contributed by atoms with van der Waals surface area (Å²) in [6, 6.07) is 0. The van der Waals surface area contributed by atoms with Crippen molar-refractivity contribution in [3.05, 3.63) is 0 Å². The molecular weight excluding hydrogens is 344 g/mol. The second-order valence-corrected chi connectivity index (χ2v) is 10.6. The first kappa shape index (κ1) is 25.9. The molecule has 0 aromatic rings. The standard InChI is InChI=1S/C22H46O3S/c1-5-7-9-11-13-15-17-19-21-25-26(23,24)22(3,4)20-18-16-14-12-10-8-6-2/h5-21H2,1-4H3. The number of hydrogen-bond acceptors (Lipinski definition) is 3. The highest BCUT2D eigenvalue weighted by molar-refractivity contribution is 7.88. The Kier molecular flexibility index (Phi) is 15.9. The summed E-state index contributed by atoms with van der Waals surface area (Å²) in [6.07, 6.45) is 18.8. The largest absolute Gasteiger partial charge is 0.272 e. The summed E-state index contributed by atoms with van der Waals surface area (Å²) in [5.74, 6) is 0. The van der Waals surface area contributed by atoms with Crippen LogP contribution in [0.3, 0.4) is 0 Å². The second kappa shape index (κ2) is 15.9. The molecule has 0 aliphatic heterocycles. The van der Waals surface area contributed by atoms with E-state index < -0.39 is 14.9 Å². The Labute approximate surface area is 164 Å². The molecule has 0 unspecified atom stereocenters. The highest BCUT2D eigenvalue weighted by Crippen LogP contribution is 2.26. The zero-order valence-electron chi connectivity index (χ0n) is 18.2. The topological polar surface area (TPSA) is 43.4 Å². The smallest absolute Gasteiger partial charge is 0.270 e. The van der Waals surface area contributed by atoms with E-state index in [0.29, 0.717) is 13.0 Å². The van der Waals surface area contributed by atoms with Crippen molar-refractivity contribution in [3.63, 3.8) is 0 Å². The van der Waals surface area contributed by atoms with Crippen LogP contribution in [-0.4, -0.2) is 19.8 Å². The first-order valence-corrected chi connectivity index (χ1v) is 12.7. The van der Waals surface area contributed by atoms with Gasteiger partial charge in [-0.2, -0.15) is 8.42 Å². The van der Waals surface area contributed by atoms with Crippen LogP contribution >= 0.6 is 0 Å². The molecule has 0 aliphatic rings. The van der Waals surface area contributed by atoms with E-state index >= 15 is 0 Å². The van der Waals surface area contributed by atoms with Gasteiger partial charge in [0, 0.05) is 0 Å². The summed E-state index contributed by atoms with van der Waals surface area (Å²) in [6.45, 7) is 8.42. The van der Waals surface area contributed by atoms with Crippen LogP contribution in [0.5, 0.6) is 0 Å². The minimum Gasteiger partial charge on any atom is -0.270 e. The Morgan fingerprint density at radius 1 is 0.615 bits per heavy atom. The Hall–Kier alpha value is -0.0900. The van der Waals surface area contributed by atoms with Gasteiger partial charge in [-0.05, 0) is 26.7 Å². The van der Waals surface area contributed by atoms with Gasteiger partial charge in [0.25, 0.3) is 10.1 Å². The fraction of sp³-hybridized carbons (Fsp3) is 1.00. The van der Waals surface area contributed by atoms with E-state index in [1.807, 2.05) is 13.8 Å². The summed E-state index contributed by atoms with van der Waals surface area (Å²) in [5, 5.41) is 0. The van der Waals surface area contributed by atoms with Crippen LogP contribution in [0.1, 0.15) is 130 Å². The van der Waals surface area contributed by atoms with Gasteiger partial charge in [0.2, 0.25) is 0 Å². The zero-order valence-corrected chi connectivity index (χ0v) is 19.0. The van der Waals surface area contributed by atoms with E-state index in [-0.39, 0.29) is 0 Å². The predicted octanol–water partition coefficient (Wildman–Crippen LogP) is 7.39. The maximum atomic E-state index is 12.4. The van der Waals surface area contributed by atoms with Crippen molar-refractivity contribution in [1.82, 2.24) is 0 Å². The highest BCUT2D eigenvalue weighted by atomic mass is 32.2. The van der Waals surface area contributed by atoms with Gasteiger partial charge in [-0.1, -0.05) is 104 Å². The van der Waals surface area contributed by atoms with Crippen molar-refractivity contribution in [1.29, 1.82) is 0 Å². The normalized spacial score (nSPS) is 12.6. The van der Waals surface area contributed by atoms with Gasteiger partial charge < -0.3 is 0 Å². The first-order chi connectivity index (χ1) is 12.4. The lowest BCUT2D eigenvalue weighted by Crippen LogP contribution is -2.33. The summed E-state index contributed by atoms with van der Waals surface area (Å²) in [5.41, 5.74) is 0. The van der Waals surface area contributed by atoms with Gasteiger partial charge in [0.15, 0.2) is 0 Å². The van der Waals surface area contributed by atoms with E-state index in [1.54, 1.807) is 0 Å². The van der Waals surface area contributed by atoms with Gasteiger partial charge >= 0.3 is 0 Å². The summed E-state index contributed by atoms with van der Waals surface area (Å²) >= 11 is 0. The molecule has 0 aliphatic carbocycles. The van der Waals surface area contributed by atoms with Crippen molar-refractivity contribution in [2.24, 2.45) is 0 Å². The van der Waals surface area contributed by atoms with E-state index in [0.717, 1.165) is 25.7 Å². The van der Waals surface area contributed by atoms with Gasteiger partial charge in [-0.15, -0.1) is 0 Å². The van der Waals surface area contributed by atoms with Crippen LogP contribution < -0.4 is 0 Å². The third kappa shape index (κ3) is 13.1. The number of rotatable bonds is 19.